The van der Waals surface area contributed by atoms with Crippen LogP contribution >= 0.6 is 0 Å². The molecule has 0 radical (unpaired) electrons. The zero-order chi connectivity index (χ0) is 18.8. The van der Waals surface area contributed by atoms with Crippen LogP contribution in [0.15, 0.2) is 12.1 Å². The van der Waals surface area contributed by atoms with Crippen LogP contribution in [0.25, 0.3) is 0 Å². The number of hydrogen-bond acceptors (Lipinski definition) is 5. The Kier molecular flexibility index (Phi) is 8.54. The predicted octanol–water partition coefficient (Wildman–Crippen LogP) is 3.03. The summed E-state index contributed by atoms with van der Waals surface area (Å²) < 4.78 is 16.0. The first-order valence-electron chi connectivity index (χ1n) is 9.47. The molecule has 0 aliphatic heterocycles. The van der Waals surface area contributed by atoms with E-state index in [1.54, 1.807) is 21.3 Å². The largest absolute Gasteiger partial charge is 0.493 e. The van der Waals surface area contributed by atoms with Gasteiger partial charge in [-0.2, -0.15) is 0 Å². The molecule has 2 N–H and O–H groups in total. The SMILES string of the molecule is COc1cc(CNC(=O)CNC2CCCCCCC2)cc(OC)c1OC. The Morgan fingerprint density at radius 2 is 1.54 bits per heavy atom. The Morgan fingerprint density at radius 3 is 2.08 bits per heavy atom. The second kappa shape index (κ2) is 10.9. The average molecular weight is 364 g/mol. The van der Waals surface area contributed by atoms with Gasteiger partial charge in [0.05, 0.1) is 27.9 Å². The minimum atomic E-state index is 0.000751. The molecule has 6 nitrogen and oxygen atoms in total. The fraction of sp³-hybridized carbons (Fsp3) is 0.650. The number of carbonyl (C=O) groups is 1. The van der Waals surface area contributed by atoms with Crippen LogP contribution < -0.4 is 24.8 Å². The summed E-state index contributed by atoms with van der Waals surface area (Å²) >= 11 is 0. The van der Waals surface area contributed by atoms with Crippen molar-refractivity contribution in [3.63, 3.8) is 0 Å². The summed E-state index contributed by atoms with van der Waals surface area (Å²) in [7, 11) is 4.74. The molecule has 6 heteroatoms. The van der Waals surface area contributed by atoms with Gasteiger partial charge in [0.1, 0.15) is 0 Å². The number of rotatable bonds is 8. The van der Waals surface area contributed by atoms with Crippen LogP contribution in [0.4, 0.5) is 0 Å². The van der Waals surface area contributed by atoms with Crippen molar-refractivity contribution < 1.29 is 19.0 Å². The third kappa shape index (κ3) is 6.09. The zero-order valence-corrected chi connectivity index (χ0v) is 16.2. The Bertz CT molecular complexity index is 544. The van der Waals surface area contributed by atoms with Gasteiger partial charge in [0.25, 0.3) is 0 Å². The maximum atomic E-state index is 12.2. The van der Waals surface area contributed by atoms with E-state index in [0.29, 0.717) is 36.4 Å². The number of nitrogens with one attached hydrogen (secondary N) is 2. The molecule has 1 amide bonds. The summed E-state index contributed by atoms with van der Waals surface area (Å²) in [6, 6.07) is 4.16. The normalized spacial score (nSPS) is 15.7. The molecule has 146 valence electrons. The van der Waals surface area contributed by atoms with Gasteiger partial charge < -0.3 is 24.8 Å². The van der Waals surface area contributed by atoms with E-state index in [4.69, 9.17) is 14.2 Å². The van der Waals surface area contributed by atoms with E-state index < -0.39 is 0 Å². The number of ether oxygens (including phenoxy) is 3. The van der Waals surface area contributed by atoms with E-state index in [2.05, 4.69) is 10.6 Å². The Labute approximate surface area is 156 Å². The first kappa shape index (κ1) is 20.4. The lowest BCUT2D eigenvalue weighted by atomic mass is 9.97. The summed E-state index contributed by atoms with van der Waals surface area (Å²) in [5.74, 6) is 1.73. The van der Waals surface area contributed by atoms with Crippen LogP contribution in [0.2, 0.25) is 0 Å². The van der Waals surface area contributed by atoms with E-state index in [-0.39, 0.29) is 5.91 Å². The maximum absolute atomic E-state index is 12.2. The van der Waals surface area contributed by atoms with Gasteiger partial charge in [0.15, 0.2) is 11.5 Å². The molecule has 0 unspecified atom stereocenters. The Morgan fingerprint density at radius 1 is 0.962 bits per heavy atom. The van der Waals surface area contributed by atoms with E-state index in [0.717, 1.165) is 5.56 Å². The molecule has 2 rings (SSSR count). The van der Waals surface area contributed by atoms with Crippen LogP contribution in [0.5, 0.6) is 17.2 Å². The van der Waals surface area contributed by atoms with Gasteiger partial charge >= 0.3 is 0 Å². The van der Waals surface area contributed by atoms with Gasteiger partial charge in [0.2, 0.25) is 11.7 Å². The first-order chi connectivity index (χ1) is 12.7. The van der Waals surface area contributed by atoms with Crippen LogP contribution in [0.1, 0.15) is 50.5 Å². The van der Waals surface area contributed by atoms with Gasteiger partial charge in [-0.25, -0.2) is 0 Å². The molecule has 0 heterocycles. The molecular weight excluding hydrogens is 332 g/mol. The maximum Gasteiger partial charge on any atom is 0.234 e. The van der Waals surface area contributed by atoms with E-state index in [1.807, 2.05) is 12.1 Å². The molecule has 0 saturated heterocycles. The van der Waals surface area contributed by atoms with Crippen molar-refractivity contribution in [3.05, 3.63) is 17.7 Å². The lowest BCUT2D eigenvalue weighted by Gasteiger charge is -2.21. The van der Waals surface area contributed by atoms with Crippen molar-refractivity contribution in [2.45, 2.75) is 57.5 Å². The van der Waals surface area contributed by atoms with Gasteiger partial charge in [-0.05, 0) is 30.5 Å². The predicted molar refractivity (Wildman–Crippen MR) is 102 cm³/mol. The van der Waals surface area contributed by atoms with Crippen LogP contribution in [0.3, 0.4) is 0 Å². The topological polar surface area (TPSA) is 68.8 Å². The fourth-order valence-electron chi connectivity index (χ4n) is 3.40. The number of hydrogen-bond donors (Lipinski definition) is 2. The lowest BCUT2D eigenvalue weighted by Crippen LogP contribution is -2.39. The molecule has 0 atom stereocenters. The van der Waals surface area contributed by atoms with Crippen molar-refractivity contribution >= 4 is 5.91 Å². The van der Waals surface area contributed by atoms with Crippen molar-refractivity contribution in [2.75, 3.05) is 27.9 Å². The van der Waals surface area contributed by atoms with Crippen LogP contribution in [-0.2, 0) is 11.3 Å². The zero-order valence-electron chi connectivity index (χ0n) is 16.2. The van der Waals surface area contributed by atoms with Gasteiger partial charge in [-0.15, -0.1) is 0 Å². The molecule has 1 aliphatic rings. The third-order valence-electron chi connectivity index (χ3n) is 4.87. The van der Waals surface area contributed by atoms with E-state index >= 15 is 0 Å². The lowest BCUT2D eigenvalue weighted by molar-refractivity contribution is -0.120. The standard InChI is InChI=1S/C20H32N2O4/c1-24-17-11-15(12-18(25-2)20(17)26-3)13-22-19(23)14-21-16-9-7-5-4-6-8-10-16/h11-12,16,21H,4-10,13-14H2,1-3H3,(H,22,23). The van der Waals surface area contributed by atoms with Gasteiger partial charge in [-0.3, -0.25) is 4.79 Å². The second-order valence-electron chi connectivity index (χ2n) is 6.73. The molecule has 1 aromatic rings. The van der Waals surface area contributed by atoms with Crippen LogP contribution in [-0.4, -0.2) is 39.8 Å². The summed E-state index contributed by atoms with van der Waals surface area (Å²) in [6.45, 7) is 0.775. The smallest absolute Gasteiger partial charge is 0.234 e. The summed E-state index contributed by atoms with van der Waals surface area (Å²) in [4.78, 5) is 12.2. The number of carbonyl (C=O) groups excluding carboxylic acids is 1. The monoisotopic (exact) mass is 364 g/mol. The molecule has 1 aliphatic carbocycles. The van der Waals surface area contributed by atoms with E-state index in [9.17, 15) is 4.79 Å². The highest BCUT2D eigenvalue weighted by Crippen LogP contribution is 2.38. The highest BCUT2D eigenvalue weighted by Gasteiger charge is 2.15. The molecule has 0 bridgehead atoms. The van der Waals surface area contributed by atoms with Gasteiger partial charge in [0, 0.05) is 12.6 Å². The first-order valence-corrected chi connectivity index (χ1v) is 9.47. The average Bonchev–Trinajstić information content (AvgIpc) is 2.64. The minimum Gasteiger partial charge on any atom is -0.493 e. The highest BCUT2D eigenvalue weighted by atomic mass is 16.5. The molecule has 0 spiro atoms. The third-order valence-corrected chi connectivity index (χ3v) is 4.87. The molecule has 1 fully saturated rings. The van der Waals surface area contributed by atoms with Crippen molar-refractivity contribution in [3.8, 4) is 17.2 Å². The molecular formula is C20H32N2O4. The molecule has 26 heavy (non-hydrogen) atoms. The number of amides is 1. The van der Waals surface area contributed by atoms with Gasteiger partial charge in [-0.1, -0.05) is 32.1 Å². The summed E-state index contributed by atoms with van der Waals surface area (Å²) in [6.07, 6.45) is 8.81. The second-order valence-corrected chi connectivity index (χ2v) is 6.73. The Balaban J connectivity index is 1.84. The Hall–Kier alpha value is -1.95. The van der Waals surface area contributed by atoms with Crippen LogP contribution in [0, 0.1) is 0 Å². The van der Waals surface area contributed by atoms with E-state index in [1.165, 1.54) is 44.9 Å². The van der Waals surface area contributed by atoms with Crippen molar-refractivity contribution in [2.24, 2.45) is 0 Å². The van der Waals surface area contributed by atoms with Crippen molar-refractivity contribution in [1.82, 2.24) is 10.6 Å². The quantitative estimate of drug-likeness (QED) is 0.742. The highest BCUT2D eigenvalue weighted by molar-refractivity contribution is 5.78. The van der Waals surface area contributed by atoms with Crippen molar-refractivity contribution in [1.29, 1.82) is 0 Å². The fourth-order valence-corrected chi connectivity index (χ4v) is 3.40. The number of methoxy groups -OCH3 is 3. The summed E-state index contributed by atoms with van der Waals surface area (Å²) in [5.41, 5.74) is 0.902. The molecule has 0 aromatic heterocycles. The minimum absolute atomic E-state index is 0.000751. The molecule has 1 saturated carbocycles. The summed E-state index contributed by atoms with van der Waals surface area (Å²) in [5, 5.41) is 6.36. The molecule has 1 aromatic carbocycles. The number of benzene rings is 1.